The zero-order valence-electron chi connectivity index (χ0n) is 10.7. The Hall–Kier alpha value is -1.14. The third-order valence-electron chi connectivity index (χ3n) is 3.44. The summed E-state index contributed by atoms with van der Waals surface area (Å²) in [5.41, 5.74) is 5.95. The fourth-order valence-corrected chi connectivity index (χ4v) is 4.51. The standard InChI is InChI=1S/C12H19N3O2S/c1-9-5-3-6-10(2)15(9)18(16,17)12-11(13)7-4-8-14-12/h4,7-10H,3,5-6,13H2,1-2H3. The first-order valence-electron chi connectivity index (χ1n) is 6.18. The second-order valence-corrected chi connectivity index (χ2v) is 6.62. The van der Waals surface area contributed by atoms with E-state index >= 15 is 0 Å². The number of anilines is 1. The SMILES string of the molecule is CC1CCCC(C)N1S(=O)(=O)c1ncccc1N. The van der Waals surface area contributed by atoms with E-state index in [1.807, 2.05) is 13.8 Å². The van der Waals surface area contributed by atoms with Gasteiger partial charge in [-0.2, -0.15) is 4.31 Å². The number of piperidine rings is 1. The minimum atomic E-state index is -3.59. The van der Waals surface area contributed by atoms with Gasteiger partial charge in [0.05, 0.1) is 5.69 Å². The van der Waals surface area contributed by atoms with Crippen molar-refractivity contribution in [2.75, 3.05) is 5.73 Å². The van der Waals surface area contributed by atoms with Crippen LogP contribution < -0.4 is 5.73 Å². The summed E-state index contributed by atoms with van der Waals surface area (Å²) in [4.78, 5) is 3.94. The van der Waals surface area contributed by atoms with Crippen molar-refractivity contribution in [2.24, 2.45) is 0 Å². The maximum Gasteiger partial charge on any atom is 0.263 e. The molecule has 2 heterocycles. The summed E-state index contributed by atoms with van der Waals surface area (Å²) in [6, 6.07) is 3.21. The van der Waals surface area contributed by atoms with Crippen molar-refractivity contribution in [3.63, 3.8) is 0 Å². The second-order valence-electron chi connectivity index (χ2n) is 4.86. The van der Waals surface area contributed by atoms with Crippen molar-refractivity contribution in [1.82, 2.24) is 9.29 Å². The van der Waals surface area contributed by atoms with Crippen molar-refractivity contribution in [1.29, 1.82) is 0 Å². The van der Waals surface area contributed by atoms with Gasteiger partial charge in [0.25, 0.3) is 10.0 Å². The normalized spacial score (nSPS) is 26.1. The van der Waals surface area contributed by atoms with E-state index in [1.165, 1.54) is 6.20 Å². The smallest absolute Gasteiger partial charge is 0.263 e. The van der Waals surface area contributed by atoms with Gasteiger partial charge in [-0.05, 0) is 38.8 Å². The molecule has 0 aliphatic carbocycles. The van der Waals surface area contributed by atoms with Crippen LogP contribution in [-0.2, 0) is 10.0 Å². The van der Waals surface area contributed by atoms with Crippen LogP contribution in [0.25, 0.3) is 0 Å². The van der Waals surface area contributed by atoms with E-state index in [0.29, 0.717) is 0 Å². The van der Waals surface area contributed by atoms with E-state index in [9.17, 15) is 8.42 Å². The van der Waals surface area contributed by atoms with Gasteiger partial charge in [0, 0.05) is 18.3 Å². The number of nitrogen functional groups attached to an aromatic ring is 1. The van der Waals surface area contributed by atoms with Crippen molar-refractivity contribution < 1.29 is 8.42 Å². The lowest BCUT2D eigenvalue weighted by atomic mass is 10.0. The number of sulfonamides is 1. The molecule has 1 saturated heterocycles. The average Bonchev–Trinajstić information content (AvgIpc) is 2.28. The Morgan fingerprint density at radius 1 is 1.33 bits per heavy atom. The van der Waals surface area contributed by atoms with Crippen LogP contribution in [-0.4, -0.2) is 29.8 Å². The fourth-order valence-electron chi connectivity index (χ4n) is 2.59. The maximum absolute atomic E-state index is 12.6. The highest BCUT2D eigenvalue weighted by Crippen LogP contribution is 2.30. The average molecular weight is 269 g/mol. The molecule has 6 heteroatoms. The highest BCUT2D eigenvalue weighted by Gasteiger charge is 2.37. The van der Waals surface area contributed by atoms with Crippen LogP contribution in [0.15, 0.2) is 23.4 Å². The van der Waals surface area contributed by atoms with Crippen LogP contribution in [0.4, 0.5) is 5.69 Å². The van der Waals surface area contributed by atoms with Crippen LogP contribution >= 0.6 is 0 Å². The van der Waals surface area contributed by atoms with E-state index in [4.69, 9.17) is 5.73 Å². The lowest BCUT2D eigenvalue weighted by Gasteiger charge is -2.37. The molecule has 0 saturated carbocycles. The Morgan fingerprint density at radius 3 is 2.50 bits per heavy atom. The van der Waals surface area contributed by atoms with Gasteiger partial charge in [-0.1, -0.05) is 6.42 Å². The molecule has 1 aliphatic heterocycles. The van der Waals surface area contributed by atoms with Crippen LogP contribution in [0.1, 0.15) is 33.1 Å². The molecular weight excluding hydrogens is 250 g/mol. The first-order chi connectivity index (χ1) is 8.44. The van der Waals surface area contributed by atoms with E-state index in [2.05, 4.69) is 4.98 Å². The van der Waals surface area contributed by atoms with Gasteiger partial charge in [0.2, 0.25) is 0 Å². The number of nitrogens with two attached hydrogens (primary N) is 1. The van der Waals surface area contributed by atoms with E-state index < -0.39 is 10.0 Å². The van der Waals surface area contributed by atoms with Crippen LogP contribution in [0, 0.1) is 0 Å². The molecule has 1 aromatic heterocycles. The van der Waals surface area contributed by atoms with Crippen LogP contribution in [0.2, 0.25) is 0 Å². The summed E-state index contributed by atoms with van der Waals surface area (Å²) in [5, 5.41) is -0.0226. The minimum absolute atomic E-state index is 0.000145. The summed E-state index contributed by atoms with van der Waals surface area (Å²) in [5.74, 6) is 0. The summed E-state index contributed by atoms with van der Waals surface area (Å²) < 4.78 is 26.8. The molecule has 1 aromatic rings. The number of hydrogen-bond acceptors (Lipinski definition) is 4. The van der Waals surface area contributed by atoms with E-state index in [0.717, 1.165) is 19.3 Å². The lowest BCUT2D eigenvalue weighted by Crippen LogP contribution is -2.47. The van der Waals surface area contributed by atoms with Gasteiger partial charge in [0.1, 0.15) is 0 Å². The molecule has 18 heavy (non-hydrogen) atoms. The molecule has 5 nitrogen and oxygen atoms in total. The molecule has 0 bridgehead atoms. The van der Waals surface area contributed by atoms with Crippen molar-refractivity contribution in [2.45, 2.75) is 50.2 Å². The Bertz CT molecular complexity index is 520. The number of nitrogens with zero attached hydrogens (tertiary/aromatic N) is 2. The third-order valence-corrected chi connectivity index (χ3v) is 5.54. The fraction of sp³-hybridized carbons (Fsp3) is 0.583. The van der Waals surface area contributed by atoms with Gasteiger partial charge in [-0.15, -0.1) is 0 Å². The summed E-state index contributed by atoms with van der Waals surface area (Å²) in [6.07, 6.45) is 4.29. The van der Waals surface area contributed by atoms with Gasteiger partial charge in [-0.3, -0.25) is 0 Å². The third kappa shape index (κ3) is 2.22. The molecule has 1 aliphatic rings. The molecular formula is C12H19N3O2S. The monoisotopic (exact) mass is 269 g/mol. The molecule has 2 N–H and O–H groups in total. The number of hydrogen-bond donors (Lipinski definition) is 1. The summed E-state index contributed by atoms with van der Waals surface area (Å²) in [6.45, 7) is 3.87. The number of rotatable bonds is 2. The Labute approximate surface area is 108 Å². The summed E-state index contributed by atoms with van der Waals surface area (Å²) in [7, 11) is -3.59. The van der Waals surface area contributed by atoms with E-state index in [-0.39, 0.29) is 22.8 Å². The first-order valence-corrected chi connectivity index (χ1v) is 7.62. The van der Waals surface area contributed by atoms with Gasteiger partial charge in [0.15, 0.2) is 5.03 Å². The second kappa shape index (κ2) is 4.85. The van der Waals surface area contributed by atoms with Crippen LogP contribution in [0.5, 0.6) is 0 Å². The van der Waals surface area contributed by atoms with Crippen molar-refractivity contribution in [3.8, 4) is 0 Å². The molecule has 2 unspecified atom stereocenters. The maximum atomic E-state index is 12.6. The molecule has 0 aromatic carbocycles. The molecule has 0 amide bonds. The lowest BCUT2D eigenvalue weighted by molar-refractivity contribution is 0.204. The highest BCUT2D eigenvalue weighted by molar-refractivity contribution is 7.89. The Morgan fingerprint density at radius 2 is 1.94 bits per heavy atom. The highest BCUT2D eigenvalue weighted by atomic mass is 32.2. The number of aromatic nitrogens is 1. The molecule has 0 spiro atoms. The van der Waals surface area contributed by atoms with Gasteiger partial charge < -0.3 is 5.73 Å². The Kier molecular flexibility index (Phi) is 3.59. The quantitative estimate of drug-likeness (QED) is 0.885. The molecule has 100 valence electrons. The largest absolute Gasteiger partial charge is 0.396 e. The summed E-state index contributed by atoms with van der Waals surface area (Å²) >= 11 is 0. The van der Waals surface area contributed by atoms with Crippen LogP contribution in [0.3, 0.4) is 0 Å². The molecule has 0 radical (unpaired) electrons. The zero-order valence-corrected chi connectivity index (χ0v) is 11.5. The molecule has 2 rings (SSSR count). The van der Waals surface area contributed by atoms with Crippen molar-refractivity contribution >= 4 is 15.7 Å². The predicted molar refractivity (Wildman–Crippen MR) is 70.4 cm³/mol. The topological polar surface area (TPSA) is 76.3 Å². The first kappa shape index (κ1) is 13.3. The van der Waals surface area contributed by atoms with E-state index in [1.54, 1.807) is 16.4 Å². The zero-order chi connectivity index (χ0) is 13.3. The van der Waals surface area contributed by atoms with Gasteiger partial charge >= 0.3 is 0 Å². The Balaban J connectivity index is 2.45. The molecule has 2 atom stereocenters. The minimum Gasteiger partial charge on any atom is -0.396 e. The predicted octanol–water partition coefficient (Wildman–Crippen LogP) is 1.62. The van der Waals surface area contributed by atoms with Crippen molar-refractivity contribution in [3.05, 3.63) is 18.3 Å². The number of pyridine rings is 1. The van der Waals surface area contributed by atoms with Gasteiger partial charge in [-0.25, -0.2) is 13.4 Å². The molecule has 1 fully saturated rings.